The Hall–Kier alpha value is -3.08. The van der Waals surface area contributed by atoms with E-state index < -0.39 is 0 Å². The molecule has 0 saturated carbocycles. The highest BCUT2D eigenvalue weighted by Gasteiger charge is 2.24. The summed E-state index contributed by atoms with van der Waals surface area (Å²) in [5, 5.41) is 0.913. The molecule has 0 saturated heterocycles. The van der Waals surface area contributed by atoms with E-state index in [-0.39, 0.29) is 11.5 Å². The van der Waals surface area contributed by atoms with E-state index in [9.17, 15) is 9.59 Å². The first-order chi connectivity index (χ1) is 12.2. The van der Waals surface area contributed by atoms with Crippen LogP contribution in [0.25, 0.3) is 10.9 Å². The molecule has 1 amide bonds. The number of pyridine rings is 1. The van der Waals surface area contributed by atoms with Crippen molar-refractivity contribution in [3.05, 3.63) is 70.0 Å². The Morgan fingerprint density at radius 1 is 1.08 bits per heavy atom. The number of nitrogens with one attached hydrogen (secondary N) is 1. The zero-order chi connectivity index (χ0) is 17.4. The van der Waals surface area contributed by atoms with Gasteiger partial charge in [0.2, 0.25) is 11.5 Å². The summed E-state index contributed by atoms with van der Waals surface area (Å²) in [7, 11) is 1.59. The highest BCUT2D eigenvalue weighted by molar-refractivity contribution is 5.97. The number of nitrogens with zero attached hydrogens (tertiary/aromatic N) is 1. The molecule has 5 heteroatoms. The van der Waals surface area contributed by atoms with Crippen LogP contribution in [0, 0.1) is 0 Å². The number of rotatable bonds is 3. The maximum absolute atomic E-state index is 12.5. The normalized spacial score (nSPS) is 13.8. The molecule has 3 aromatic rings. The molecular formula is C20H18N2O3. The van der Waals surface area contributed by atoms with E-state index in [1.165, 1.54) is 0 Å². The van der Waals surface area contributed by atoms with Gasteiger partial charge in [-0.05, 0) is 35.7 Å². The van der Waals surface area contributed by atoms with Crippen molar-refractivity contribution in [1.29, 1.82) is 0 Å². The van der Waals surface area contributed by atoms with Gasteiger partial charge in [-0.1, -0.05) is 18.2 Å². The summed E-state index contributed by atoms with van der Waals surface area (Å²) < 4.78 is 5.23. The van der Waals surface area contributed by atoms with Gasteiger partial charge in [0.1, 0.15) is 5.75 Å². The van der Waals surface area contributed by atoms with Crippen molar-refractivity contribution in [3.63, 3.8) is 0 Å². The number of carbonyl (C=O) groups excluding carboxylic acids is 1. The third-order valence-electron chi connectivity index (χ3n) is 4.66. The molecule has 0 spiro atoms. The first-order valence-electron chi connectivity index (χ1n) is 8.24. The number of carbonyl (C=O) groups is 1. The predicted molar refractivity (Wildman–Crippen MR) is 97.1 cm³/mol. The van der Waals surface area contributed by atoms with Crippen LogP contribution in [0.2, 0.25) is 0 Å². The fraction of sp³-hybridized carbons (Fsp3) is 0.200. The first-order valence-corrected chi connectivity index (χ1v) is 8.24. The van der Waals surface area contributed by atoms with E-state index in [0.29, 0.717) is 24.2 Å². The van der Waals surface area contributed by atoms with Gasteiger partial charge >= 0.3 is 0 Å². The maximum atomic E-state index is 12.5. The van der Waals surface area contributed by atoms with Crippen molar-refractivity contribution >= 4 is 22.5 Å². The first kappa shape index (κ1) is 15.4. The molecule has 5 nitrogen and oxygen atoms in total. The number of para-hydroxylation sites is 1. The largest absolute Gasteiger partial charge is 0.497 e. The SMILES string of the molecule is COc1ccc2c(CN3C(=O)CCc4ccccc43)cc(=O)[nH]c2c1. The average molecular weight is 334 g/mol. The van der Waals surface area contributed by atoms with Gasteiger partial charge in [0.05, 0.1) is 19.2 Å². The molecule has 0 atom stereocenters. The Morgan fingerprint density at radius 3 is 2.76 bits per heavy atom. The van der Waals surface area contributed by atoms with Crippen LogP contribution in [0.4, 0.5) is 5.69 Å². The summed E-state index contributed by atoms with van der Waals surface area (Å²) in [6.07, 6.45) is 1.25. The third kappa shape index (κ3) is 2.78. The van der Waals surface area contributed by atoms with Crippen LogP contribution < -0.4 is 15.2 Å². The molecule has 126 valence electrons. The lowest BCUT2D eigenvalue weighted by Crippen LogP contribution is -2.34. The highest BCUT2D eigenvalue weighted by atomic mass is 16.5. The van der Waals surface area contributed by atoms with Gasteiger partial charge in [0, 0.05) is 29.6 Å². The smallest absolute Gasteiger partial charge is 0.248 e. The van der Waals surface area contributed by atoms with Crippen molar-refractivity contribution in [2.24, 2.45) is 0 Å². The third-order valence-corrected chi connectivity index (χ3v) is 4.66. The van der Waals surface area contributed by atoms with Gasteiger partial charge < -0.3 is 14.6 Å². The number of fused-ring (bicyclic) bond motifs is 2. The zero-order valence-electron chi connectivity index (χ0n) is 13.9. The van der Waals surface area contributed by atoms with Gasteiger partial charge in [0.15, 0.2) is 0 Å². The summed E-state index contributed by atoms with van der Waals surface area (Å²) in [6.45, 7) is 0.378. The van der Waals surface area contributed by atoms with E-state index in [2.05, 4.69) is 11.1 Å². The summed E-state index contributed by atoms with van der Waals surface area (Å²) in [4.78, 5) is 29.2. The minimum absolute atomic E-state index is 0.0839. The fourth-order valence-corrected chi connectivity index (χ4v) is 3.41. The van der Waals surface area contributed by atoms with Gasteiger partial charge in [-0.3, -0.25) is 9.59 Å². The number of aromatic nitrogens is 1. The quantitative estimate of drug-likeness (QED) is 0.801. The summed E-state index contributed by atoms with van der Waals surface area (Å²) in [5.74, 6) is 0.764. The Morgan fingerprint density at radius 2 is 1.92 bits per heavy atom. The molecule has 2 heterocycles. The molecule has 1 aromatic heterocycles. The molecule has 0 aliphatic carbocycles. The van der Waals surface area contributed by atoms with Crippen molar-refractivity contribution in [2.45, 2.75) is 19.4 Å². The molecule has 1 aliphatic heterocycles. The zero-order valence-corrected chi connectivity index (χ0v) is 13.9. The average Bonchev–Trinajstić information content (AvgIpc) is 2.63. The molecule has 0 fully saturated rings. The highest BCUT2D eigenvalue weighted by Crippen LogP contribution is 2.30. The van der Waals surface area contributed by atoms with Crippen LogP contribution in [0.1, 0.15) is 17.5 Å². The number of benzene rings is 2. The second kappa shape index (κ2) is 6.09. The number of aryl methyl sites for hydroxylation is 1. The van der Waals surface area contributed by atoms with Crippen LogP contribution in [-0.2, 0) is 17.8 Å². The van der Waals surface area contributed by atoms with Crippen molar-refractivity contribution in [1.82, 2.24) is 4.98 Å². The van der Waals surface area contributed by atoms with Crippen molar-refractivity contribution in [2.75, 3.05) is 12.0 Å². The number of hydrogen-bond donors (Lipinski definition) is 1. The molecule has 0 unspecified atom stereocenters. The van der Waals surface area contributed by atoms with Crippen LogP contribution >= 0.6 is 0 Å². The number of methoxy groups -OCH3 is 1. The number of anilines is 1. The van der Waals surface area contributed by atoms with E-state index in [4.69, 9.17) is 4.74 Å². The molecule has 1 aliphatic rings. The lowest BCUT2D eigenvalue weighted by Gasteiger charge is -2.29. The van der Waals surface area contributed by atoms with Crippen LogP contribution in [0.5, 0.6) is 5.75 Å². The van der Waals surface area contributed by atoms with Gasteiger partial charge in [-0.2, -0.15) is 0 Å². The summed E-state index contributed by atoms with van der Waals surface area (Å²) in [5.41, 5.74) is 3.44. The Balaban J connectivity index is 1.81. The van der Waals surface area contributed by atoms with Gasteiger partial charge in [-0.15, -0.1) is 0 Å². The minimum atomic E-state index is -0.187. The number of hydrogen-bond acceptors (Lipinski definition) is 3. The number of amides is 1. The Labute approximate surface area is 144 Å². The molecular weight excluding hydrogens is 316 g/mol. The lowest BCUT2D eigenvalue weighted by molar-refractivity contribution is -0.119. The van der Waals surface area contributed by atoms with E-state index in [1.807, 2.05) is 30.3 Å². The number of H-pyrrole nitrogens is 1. The minimum Gasteiger partial charge on any atom is -0.497 e. The van der Waals surface area contributed by atoms with E-state index in [0.717, 1.165) is 28.6 Å². The summed E-state index contributed by atoms with van der Waals surface area (Å²) in [6, 6.07) is 15.1. The van der Waals surface area contributed by atoms with Crippen molar-refractivity contribution < 1.29 is 9.53 Å². The van der Waals surface area contributed by atoms with Gasteiger partial charge in [-0.25, -0.2) is 0 Å². The second-order valence-electron chi connectivity index (χ2n) is 6.18. The van der Waals surface area contributed by atoms with Gasteiger partial charge in [0.25, 0.3) is 0 Å². The molecule has 0 radical (unpaired) electrons. The van der Waals surface area contributed by atoms with Crippen LogP contribution in [-0.4, -0.2) is 18.0 Å². The Kier molecular flexibility index (Phi) is 3.76. The van der Waals surface area contributed by atoms with Crippen LogP contribution in [0.3, 0.4) is 0 Å². The monoisotopic (exact) mass is 334 g/mol. The molecule has 25 heavy (non-hydrogen) atoms. The fourth-order valence-electron chi connectivity index (χ4n) is 3.41. The molecule has 4 rings (SSSR count). The van der Waals surface area contributed by atoms with Crippen molar-refractivity contribution in [3.8, 4) is 5.75 Å². The molecule has 2 aromatic carbocycles. The standard InChI is InChI=1S/C20H18N2O3/c1-25-15-7-8-16-14(10-19(23)21-17(16)11-15)12-22-18-5-3-2-4-13(18)6-9-20(22)24/h2-5,7-8,10-11H,6,9,12H2,1H3,(H,21,23). The topological polar surface area (TPSA) is 62.4 Å². The van der Waals surface area contributed by atoms with E-state index in [1.54, 1.807) is 24.1 Å². The maximum Gasteiger partial charge on any atom is 0.248 e. The predicted octanol–water partition coefficient (Wildman–Crippen LogP) is 3.02. The number of ether oxygens (including phenoxy) is 1. The number of aromatic amines is 1. The molecule has 0 bridgehead atoms. The second-order valence-corrected chi connectivity index (χ2v) is 6.18. The van der Waals surface area contributed by atoms with E-state index >= 15 is 0 Å². The van der Waals surface area contributed by atoms with Crippen LogP contribution in [0.15, 0.2) is 53.3 Å². The summed E-state index contributed by atoms with van der Waals surface area (Å²) >= 11 is 0. The lowest BCUT2D eigenvalue weighted by atomic mass is 10.00. The molecule has 1 N–H and O–H groups in total. The Bertz CT molecular complexity index is 1020.